The van der Waals surface area contributed by atoms with Gasteiger partial charge in [0, 0.05) is 20.1 Å². The van der Waals surface area contributed by atoms with Crippen LogP contribution in [0.5, 0.6) is 5.75 Å². The molecule has 0 aliphatic carbocycles. The van der Waals surface area contributed by atoms with Gasteiger partial charge in [-0.05, 0) is 54.7 Å². The van der Waals surface area contributed by atoms with Gasteiger partial charge in [0.15, 0.2) is 0 Å². The zero-order chi connectivity index (χ0) is 21.8. The maximum Gasteiger partial charge on any atom is 0.277 e. The van der Waals surface area contributed by atoms with E-state index in [0.717, 1.165) is 28.0 Å². The van der Waals surface area contributed by atoms with E-state index in [1.54, 1.807) is 19.1 Å². The number of hydrogen-bond donors (Lipinski definition) is 1. The topological polar surface area (TPSA) is 70.1 Å². The summed E-state index contributed by atoms with van der Waals surface area (Å²) < 4.78 is 5.17. The monoisotopic (exact) mass is 408 g/mol. The van der Waals surface area contributed by atoms with Crippen LogP contribution in [0.15, 0.2) is 48.2 Å². The molecule has 0 atom stereocenters. The summed E-state index contributed by atoms with van der Waals surface area (Å²) in [4.78, 5) is 29.5. The molecule has 0 saturated heterocycles. The van der Waals surface area contributed by atoms with Crippen molar-refractivity contribution in [1.29, 1.82) is 0 Å². The lowest BCUT2D eigenvalue weighted by Gasteiger charge is -2.20. The normalized spacial score (nSPS) is 14.0. The molecule has 1 aliphatic rings. The van der Waals surface area contributed by atoms with Crippen molar-refractivity contribution in [3.63, 3.8) is 0 Å². The van der Waals surface area contributed by atoms with Crippen LogP contribution in [0, 0.1) is 13.8 Å². The van der Waals surface area contributed by atoms with Crippen LogP contribution in [-0.2, 0) is 16.0 Å². The van der Waals surface area contributed by atoms with E-state index in [0.29, 0.717) is 17.7 Å². The molecule has 158 valence electrons. The first-order valence-corrected chi connectivity index (χ1v) is 10.0. The molecule has 0 aromatic heterocycles. The highest BCUT2D eigenvalue weighted by Gasteiger charge is 2.40. The molecule has 0 saturated carbocycles. The molecule has 1 N–H and O–H groups in total. The Hall–Kier alpha value is -3.12. The van der Waals surface area contributed by atoms with Crippen molar-refractivity contribution >= 4 is 17.4 Å². The minimum absolute atomic E-state index is 0.104. The standard InChI is InChI=1S/C24H28N2O4/c1-16-5-8-19(15-17(16)2)21-22(25(3)13-14-27)24(29)26(23(21)28)12-11-18-6-9-20(30-4)10-7-18/h5-10,15,27H,11-14H2,1-4H3. The van der Waals surface area contributed by atoms with Gasteiger partial charge in [-0.15, -0.1) is 0 Å². The molecule has 1 heterocycles. The predicted octanol–water partition coefficient (Wildman–Crippen LogP) is 2.56. The zero-order valence-electron chi connectivity index (χ0n) is 17.9. The van der Waals surface area contributed by atoms with Crippen LogP contribution >= 0.6 is 0 Å². The summed E-state index contributed by atoms with van der Waals surface area (Å²) >= 11 is 0. The Balaban J connectivity index is 1.90. The smallest absolute Gasteiger partial charge is 0.277 e. The van der Waals surface area contributed by atoms with Gasteiger partial charge in [0.25, 0.3) is 11.8 Å². The van der Waals surface area contributed by atoms with Crippen molar-refractivity contribution in [2.45, 2.75) is 20.3 Å². The largest absolute Gasteiger partial charge is 0.497 e. The van der Waals surface area contributed by atoms with E-state index in [4.69, 9.17) is 4.74 Å². The number of benzene rings is 2. The summed E-state index contributed by atoms with van der Waals surface area (Å²) in [7, 11) is 3.34. The Morgan fingerprint density at radius 2 is 1.70 bits per heavy atom. The molecule has 0 bridgehead atoms. The van der Waals surface area contributed by atoms with Crippen LogP contribution in [0.4, 0.5) is 0 Å². The van der Waals surface area contributed by atoms with Gasteiger partial charge in [-0.1, -0.05) is 30.3 Å². The van der Waals surface area contributed by atoms with Gasteiger partial charge in [0.05, 0.1) is 19.3 Å². The number of aryl methyl sites for hydroxylation is 2. The van der Waals surface area contributed by atoms with Gasteiger partial charge in [0.1, 0.15) is 11.4 Å². The first kappa shape index (κ1) is 21.6. The van der Waals surface area contributed by atoms with E-state index in [9.17, 15) is 14.7 Å². The van der Waals surface area contributed by atoms with Crippen LogP contribution in [0.3, 0.4) is 0 Å². The number of aliphatic hydroxyl groups excluding tert-OH is 1. The lowest BCUT2D eigenvalue weighted by atomic mass is 9.99. The SMILES string of the molecule is COc1ccc(CCN2C(=O)C(c3ccc(C)c(C)c3)=C(N(C)CCO)C2=O)cc1. The first-order valence-electron chi connectivity index (χ1n) is 10.0. The Morgan fingerprint density at radius 3 is 2.30 bits per heavy atom. The van der Waals surface area contributed by atoms with Gasteiger partial charge in [-0.2, -0.15) is 0 Å². The molecule has 0 unspecified atom stereocenters. The van der Waals surface area contributed by atoms with Crippen LogP contribution in [0.2, 0.25) is 0 Å². The molecule has 6 nitrogen and oxygen atoms in total. The average Bonchev–Trinajstić information content (AvgIpc) is 2.99. The predicted molar refractivity (Wildman–Crippen MR) is 116 cm³/mol. The highest BCUT2D eigenvalue weighted by atomic mass is 16.5. The summed E-state index contributed by atoms with van der Waals surface area (Å²) in [6.07, 6.45) is 0.554. The third-order valence-corrected chi connectivity index (χ3v) is 5.54. The van der Waals surface area contributed by atoms with Gasteiger partial charge in [-0.3, -0.25) is 14.5 Å². The average molecular weight is 408 g/mol. The van der Waals surface area contributed by atoms with Gasteiger partial charge in [0.2, 0.25) is 0 Å². The van der Waals surface area contributed by atoms with Crippen LogP contribution < -0.4 is 4.74 Å². The van der Waals surface area contributed by atoms with E-state index in [1.165, 1.54) is 4.90 Å². The Morgan fingerprint density at radius 1 is 1.00 bits per heavy atom. The van der Waals surface area contributed by atoms with E-state index in [-0.39, 0.29) is 31.5 Å². The summed E-state index contributed by atoms with van der Waals surface area (Å²) in [6, 6.07) is 13.4. The van der Waals surface area contributed by atoms with Crippen molar-refractivity contribution in [1.82, 2.24) is 9.80 Å². The minimum Gasteiger partial charge on any atom is -0.497 e. The summed E-state index contributed by atoms with van der Waals surface area (Å²) in [5.74, 6) is 0.146. The van der Waals surface area contributed by atoms with Crippen molar-refractivity contribution in [2.75, 3.05) is 33.9 Å². The highest BCUT2D eigenvalue weighted by Crippen LogP contribution is 2.32. The molecule has 0 radical (unpaired) electrons. The van der Waals surface area contributed by atoms with E-state index in [2.05, 4.69) is 0 Å². The number of rotatable bonds is 8. The fraction of sp³-hybridized carbons (Fsp3) is 0.333. The summed E-state index contributed by atoms with van der Waals surface area (Å²) in [5, 5.41) is 9.36. The fourth-order valence-corrected chi connectivity index (χ4v) is 3.57. The fourth-order valence-electron chi connectivity index (χ4n) is 3.57. The highest BCUT2D eigenvalue weighted by molar-refractivity contribution is 6.35. The zero-order valence-corrected chi connectivity index (χ0v) is 17.9. The van der Waals surface area contributed by atoms with Crippen LogP contribution in [0.1, 0.15) is 22.3 Å². The number of carbonyl (C=O) groups is 2. The lowest BCUT2D eigenvalue weighted by molar-refractivity contribution is -0.137. The number of hydrogen-bond acceptors (Lipinski definition) is 5. The van der Waals surface area contributed by atoms with Gasteiger partial charge in [-0.25, -0.2) is 0 Å². The molecule has 2 amide bonds. The molecule has 2 aromatic carbocycles. The maximum atomic E-state index is 13.3. The van der Waals surface area contributed by atoms with Crippen LogP contribution in [-0.4, -0.2) is 60.6 Å². The number of ether oxygens (including phenoxy) is 1. The molecule has 30 heavy (non-hydrogen) atoms. The number of likely N-dealkylation sites (N-methyl/N-ethyl adjacent to an activating group) is 1. The van der Waals surface area contributed by atoms with Gasteiger partial charge >= 0.3 is 0 Å². The minimum atomic E-state index is -0.322. The summed E-state index contributed by atoms with van der Waals surface area (Å²) in [6.45, 7) is 4.45. The molecule has 3 rings (SSSR count). The molecule has 1 aliphatic heterocycles. The molecule has 2 aromatic rings. The number of imide groups is 1. The number of aliphatic hydroxyl groups is 1. The van der Waals surface area contributed by atoms with E-state index >= 15 is 0 Å². The molecule has 0 spiro atoms. The van der Waals surface area contributed by atoms with E-state index in [1.807, 2.05) is 56.3 Å². The van der Waals surface area contributed by atoms with Gasteiger partial charge < -0.3 is 14.7 Å². The second-order valence-electron chi connectivity index (χ2n) is 7.53. The lowest BCUT2D eigenvalue weighted by Crippen LogP contribution is -2.36. The number of amides is 2. The Kier molecular flexibility index (Phi) is 6.57. The molecule has 0 fully saturated rings. The third-order valence-electron chi connectivity index (χ3n) is 5.54. The number of nitrogens with zero attached hydrogens (tertiary/aromatic N) is 2. The third kappa shape index (κ3) is 4.24. The number of methoxy groups -OCH3 is 1. The summed E-state index contributed by atoms with van der Waals surface area (Å²) in [5.41, 5.74) is 4.66. The molecule has 6 heteroatoms. The second-order valence-corrected chi connectivity index (χ2v) is 7.53. The molecular weight excluding hydrogens is 380 g/mol. The van der Waals surface area contributed by atoms with Crippen molar-refractivity contribution in [3.05, 3.63) is 70.4 Å². The Bertz CT molecular complexity index is 979. The van der Waals surface area contributed by atoms with Crippen molar-refractivity contribution in [2.24, 2.45) is 0 Å². The van der Waals surface area contributed by atoms with Crippen molar-refractivity contribution < 1.29 is 19.4 Å². The van der Waals surface area contributed by atoms with E-state index < -0.39 is 0 Å². The first-order chi connectivity index (χ1) is 14.4. The quantitative estimate of drug-likeness (QED) is 0.680. The van der Waals surface area contributed by atoms with Crippen LogP contribution in [0.25, 0.3) is 5.57 Å². The molecular formula is C24H28N2O4. The Labute approximate surface area is 177 Å². The second kappa shape index (κ2) is 9.13. The van der Waals surface area contributed by atoms with Crippen molar-refractivity contribution in [3.8, 4) is 5.75 Å². The maximum absolute atomic E-state index is 13.3. The number of carbonyl (C=O) groups excluding carboxylic acids is 2.